The van der Waals surface area contributed by atoms with Crippen molar-refractivity contribution in [2.45, 2.75) is 33.0 Å². The lowest BCUT2D eigenvalue weighted by molar-refractivity contribution is -0.0505. The molecule has 1 aromatic heterocycles. The van der Waals surface area contributed by atoms with Crippen LogP contribution in [0.2, 0.25) is 0 Å². The van der Waals surface area contributed by atoms with E-state index in [1.165, 1.54) is 24.4 Å². The Balaban J connectivity index is 2.01. The Bertz CT molecular complexity index is 788. The molecule has 0 atom stereocenters. The highest BCUT2D eigenvalue weighted by Crippen LogP contribution is 2.26. The van der Waals surface area contributed by atoms with Crippen molar-refractivity contribution in [3.63, 3.8) is 0 Å². The maximum Gasteiger partial charge on any atom is 0.387 e. The first-order valence-corrected chi connectivity index (χ1v) is 8.78. The molecular formula is C19H23F3N4O2. The number of benzene rings is 1. The summed E-state index contributed by atoms with van der Waals surface area (Å²) < 4.78 is 49.2. The summed E-state index contributed by atoms with van der Waals surface area (Å²) in [5, 5.41) is 5.89. The van der Waals surface area contributed by atoms with Gasteiger partial charge in [-0.25, -0.2) is 4.39 Å². The van der Waals surface area contributed by atoms with E-state index in [9.17, 15) is 13.2 Å². The van der Waals surface area contributed by atoms with Crippen LogP contribution in [0.3, 0.4) is 0 Å². The highest BCUT2D eigenvalue weighted by atomic mass is 19.3. The number of rotatable bonds is 9. The van der Waals surface area contributed by atoms with E-state index in [1.807, 2.05) is 6.92 Å². The van der Waals surface area contributed by atoms with Crippen molar-refractivity contribution in [1.29, 1.82) is 0 Å². The summed E-state index contributed by atoms with van der Waals surface area (Å²) in [5.41, 5.74) is 0.737. The first-order chi connectivity index (χ1) is 13.5. The number of pyridine rings is 1. The number of hydrogen-bond donors (Lipinski definition) is 2. The number of guanidine groups is 1. The Morgan fingerprint density at radius 2 is 2.00 bits per heavy atom. The number of hydrogen-bond acceptors (Lipinski definition) is 4. The first-order valence-electron chi connectivity index (χ1n) is 8.78. The Morgan fingerprint density at radius 1 is 1.21 bits per heavy atom. The normalized spacial score (nSPS) is 11.4. The van der Waals surface area contributed by atoms with Gasteiger partial charge in [-0.1, -0.05) is 6.92 Å². The predicted molar refractivity (Wildman–Crippen MR) is 100 cm³/mol. The monoisotopic (exact) mass is 396 g/mol. The Hall–Kier alpha value is -2.97. The molecule has 9 heteroatoms. The van der Waals surface area contributed by atoms with Crippen molar-refractivity contribution in [3.05, 3.63) is 53.6 Å². The summed E-state index contributed by atoms with van der Waals surface area (Å²) in [6.45, 7) is -0.238. The van der Waals surface area contributed by atoms with E-state index in [0.717, 1.165) is 6.42 Å². The minimum atomic E-state index is -2.95. The molecule has 28 heavy (non-hydrogen) atoms. The van der Waals surface area contributed by atoms with Crippen LogP contribution in [0, 0.1) is 5.82 Å². The van der Waals surface area contributed by atoms with Gasteiger partial charge >= 0.3 is 6.61 Å². The van der Waals surface area contributed by atoms with Crippen LogP contribution in [0.4, 0.5) is 13.2 Å². The molecule has 0 aliphatic carbocycles. The molecule has 0 radical (unpaired) electrons. The molecule has 0 saturated heterocycles. The molecule has 6 nitrogen and oxygen atoms in total. The van der Waals surface area contributed by atoms with Crippen LogP contribution in [0.15, 0.2) is 41.5 Å². The third-order valence-corrected chi connectivity index (χ3v) is 3.66. The molecule has 0 fully saturated rings. The number of nitrogens with zero attached hydrogens (tertiary/aromatic N) is 2. The standard InChI is InChI=1S/C19H23F3N4O2/c1-3-9-27-14-7-6-13(17(10-14)28-18(21)22)11-25-19(23-2)26-12-16-15(20)5-4-8-24-16/h4-8,10,18H,3,9,11-12H2,1-2H3,(H2,23,25,26). The zero-order chi connectivity index (χ0) is 20.4. The molecule has 0 unspecified atom stereocenters. The summed E-state index contributed by atoms with van der Waals surface area (Å²) in [4.78, 5) is 7.97. The van der Waals surface area contributed by atoms with Gasteiger partial charge in [0, 0.05) is 31.4 Å². The van der Waals surface area contributed by atoms with Gasteiger partial charge in [-0.05, 0) is 30.7 Å². The second-order valence-corrected chi connectivity index (χ2v) is 5.71. The van der Waals surface area contributed by atoms with E-state index in [1.54, 1.807) is 19.2 Å². The topological polar surface area (TPSA) is 67.8 Å². The highest BCUT2D eigenvalue weighted by Gasteiger charge is 2.12. The number of ether oxygens (including phenoxy) is 2. The molecular weight excluding hydrogens is 373 g/mol. The van der Waals surface area contributed by atoms with Crippen LogP contribution in [0.1, 0.15) is 24.6 Å². The number of nitrogens with one attached hydrogen (secondary N) is 2. The van der Waals surface area contributed by atoms with Gasteiger partial charge in [-0.3, -0.25) is 9.98 Å². The van der Waals surface area contributed by atoms with Crippen LogP contribution in [0.5, 0.6) is 11.5 Å². The maximum atomic E-state index is 13.6. The van der Waals surface area contributed by atoms with Crippen LogP contribution in [-0.2, 0) is 13.1 Å². The van der Waals surface area contributed by atoms with Crippen LogP contribution < -0.4 is 20.1 Å². The fraction of sp³-hybridized carbons (Fsp3) is 0.368. The molecule has 2 rings (SSSR count). The minimum absolute atomic E-state index is 0.0160. The number of aliphatic imine (C=N–C) groups is 1. The first kappa shape index (κ1) is 21.3. The van der Waals surface area contributed by atoms with Crippen molar-refractivity contribution in [2.75, 3.05) is 13.7 Å². The summed E-state index contributed by atoms with van der Waals surface area (Å²) >= 11 is 0. The van der Waals surface area contributed by atoms with E-state index >= 15 is 0 Å². The zero-order valence-electron chi connectivity index (χ0n) is 15.7. The lowest BCUT2D eigenvalue weighted by Crippen LogP contribution is -2.36. The van der Waals surface area contributed by atoms with Gasteiger partial charge in [-0.15, -0.1) is 0 Å². The quantitative estimate of drug-likeness (QED) is 0.502. The van der Waals surface area contributed by atoms with Crippen LogP contribution in [-0.4, -0.2) is 31.2 Å². The van der Waals surface area contributed by atoms with Crippen molar-refractivity contribution >= 4 is 5.96 Å². The number of halogens is 3. The van der Waals surface area contributed by atoms with E-state index < -0.39 is 12.4 Å². The average Bonchev–Trinajstić information content (AvgIpc) is 2.68. The molecule has 0 bridgehead atoms. The van der Waals surface area contributed by atoms with Crippen LogP contribution >= 0.6 is 0 Å². The summed E-state index contributed by atoms with van der Waals surface area (Å²) in [6, 6.07) is 7.57. The molecule has 1 aromatic carbocycles. The SMILES string of the molecule is CCCOc1ccc(CNC(=NC)NCc2ncccc2F)c(OC(F)F)c1. The van der Waals surface area contributed by atoms with E-state index in [0.29, 0.717) is 23.9 Å². The molecule has 2 aromatic rings. The number of aromatic nitrogens is 1. The van der Waals surface area contributed by atoms with Gasteiger partial charge in [0.2, 0.25) is 0 Å². The minimum Gasteiger partial charge on any atom is -0.493 e. The predicted octanol–water partition coefficient (Wildman–Crippen LogP) is 3.48. The van der Waals surface area contributed by atoms with E-state index in [4.69, 9.17) is 4.74 Å². The smallest absolute Gasteiger partial charge is 0.387 e. The summed E-state index contributed by atoms with van der Waals surface area (Å²) in [5.74, 6) is 0.400. The third kappa shape index (κ3) is 6.64. The van der Waals surface area contributed by atoms with Crippen LogP contribution in [0.25, 0.3) is 0 Å². The van der Waals surface area contributed by atoms with Gasteiger partial charge in [0.1, 0.15) is 17.3 Å². The van der Waals surface area contributed by atoms with Gasteiger partial charge in [0.25, 0.3) is 0 Å². The van der Waals surface area contributed by atoms with Crippen molar-refractivity contribution in [2.24, 2.45) is 4.99 Å². The van der Waals surface area contributed by atoms with Gasteiger partial charge in [-0.2, -0.15) is 8.78 Å². The van der Waals surface area contributed by atoms with Crippen molar-refractivity contribution < 1.29 is 22.6 Å². The van der Waals surface area contributed by atoms with E-state index in [-0.39, 0.29) is 24.5 Å². The largest absolute Gasteiger partial charge is 0.493 e. The Kier molecular flexibility index (Phi) is 8.38. The Labute approximate surface area is 161 Å². The van der Waals surface area contributed by atoms with Crippen molar-refractivity contribution in [1.82, 2.24) is 15.6 Å². The fourth-order valence-electron chi connectivity index (χ4n) is 2.31. The molecule has 0 amide bonds. The summed E-state index contributed by atoms with van der Waals surface area (Å²) in [6.07, 6.45) is 2.29. The lowest BCUT2D eigenvalue weighted by Gasteiger charge is -2.16. The zero-order valence-corrected chi connectivity index (χ0v) is 15.7. The van der Waals surface area contributed by atoms with Gasteiger partial charge in [0.15, 0.2) is 5.96 Å². The third-order valence-electron chi connectivity index (χ3n) is 3.66. The number of alkyl halides is 2. The highest BCUT2D eigenvalue weighted by molar-refractivity contribution is 5.79. The fourth-order valence-corrected chi connectivity index (χ4v) is 2.31. The molecule has 0 aliphatic heterocycles. The second kappa shape index (κ2) is 11.0. The second-order valence-electron chi connectivity index (χ2n) is 5.71. The maximum absolute atomic E-state index is 13.6. The Morgan fingerprint density at radius 3 is 2.68 bits per heavy atom. The van der Waals surface area contributed by atoms with Crippen molar-refractivity contribution in [3.8, 4) is 11.5 Å². The molecule has 0 saturated carbocycles. The summed E-state index contributed by atoms with van der Waals surface area (Å²) in [7, 11) is 1.54. The molecule has 152 valence electrons. The van der Waals surface area contributed by atoms with Gasteiger partial charge < -0.3 is 20.1 Å². The van der Waals surface area contributed by atoms with Gasteiger partial charge in [0.05, 0.1) is 18.8 Å². The average molecular weight is 396 g/mol. The lowest BCUT2D eigenvalue weighted by atomic mass is 10.2. The molecule has 0 aliphatic rings. The molecule has 2 N–H and O–H groups in total. The molecule has 0 spiro atoms. The molecule has 1 heterocycles. The van der Waals surface area contributed by atoms with E-state index in [2.05, 4.69) is 25.3 Å².